The van der Waals surface area contributed by atoms with Crippen molar-refractivity contribution in [1.29, 1.82) is 0 Å². The molecule has 2 aromatic heterocycles. The monoisotopic (exact) mass is 350 g/mol. The Hall–Kier alpha value is -0.100. The van der Waals surface area contributed by atoms with Crippen LogP contribution in [0.4, 0.5) is 0 Å². The van der Waals surface area contributed by atoms with Gasteiger partial charge in [0, 0.05) is 19.8 Å². The lowest BCUT2D eigenvalue weighted by Crippen LogP contribution is -1.95. The van der Waals surface area contributed by atoms with E-state index in [4.69, 9.17) is 4.42 Å². The fraction of sp³-hybridized carbons (Fsp3) is 0.200. The second-order valence-corrected chi connectivity index (χ2v) is 5.97. The molecule has 0 bridgehead atoms. The van der Waals surface area contributed by atoms with Gasteiger partial charge in [0.2, 0.25) is 0 Å². The van der Waals surface area contributed by atoms with E-state index in [9.17, 15) is 5.11 Å². The minimum atomic E-state index is -0.631. The Balaban J connectivity index is 2.36. The number of aryl methyl sites for hydroxylation is 1. The first-order valence-corrected chi connectivity index (χ1v) is 6.66. The van der Waals surface area contributed by atoms with Crippen LogP contribution >= 0.6 is 43.2 Å². The van der Waals surface area contributed by atoms with Crippen molar-refractivity contribution in [2.45, 2.75) is 13.0 Å². The molecule has 2 heterocycles. The Morgan fingerprint density at radius 1 is 1.47 bits per heavy atom. The summed E-state index contributed by atoms with van der Waals surface area (Å²) in [6.07, 6.45) is 0.922. The quantitative estimate of drug-likeness (QED) is 0.877. The van der Waals surface area contributed by atoms with Gasteiger partial charge in [-0.1, -0.05) is 0 Å². The van der Waals surface area contributed by atoms with E-state index in [-0.39, 0.29) is 0 Å². The number of aliphatic hydroxyl groups is 1. The van der Waals surface area contributed by atoms with Crippen LogP contribution in [-0.2, 0) is 0 Å². The van der Waals surface area contributed by atoms with Crippen molar-refractivity contribution < 1.29 is 9.52 Å². The number of thiophene rings is 1. The molecular weight excluding hydrogens is 344 g/mol. The van der Waals surface area contributed by atoms with Gasteiger partial charge in [0.25, 0.3) is 0 Å². The minimum Gasteiger partial charge on any atom is -0.457 e. The molecule has 1 unspecified atom stereocenters. The van der Waals surface area contributed by atoms with Gasteiger partial charge in [-0.15, -0.1) is 11.3 Å². The maximum Gasteiger partial charge on any atom is 0.175 e. The second kappa shape index (κ2) is 4.41. The molecule has 15 heavy (non-hydrogen) atoms. The Morgan fingerprint density at radius 3 is 2.67 bits per heavy atom. The zero-order valence-corrected chi connectivity index (χ0v) is 11.8. The number of aliphatic hydroxyl groups excluding tert-OH is 1. The third-order valence-corrected chi connectivity index (χ3v) is 4.92. The first kappa shape index (κ1) is 11.4. The van der Waals surface area contributed by atoms with Gasteiger partial charge in [-0.3, -0.25) is 0 Å². The normalized spacial score (nSPS) is 13.1. The van der Waals surface area contributed by atoms with Gasteiger partial charge in [0.05, 0.1) is 6.26 Å². The van der Waals surface area contributed by atoms with E-state index in [2.05, 4.69) is 31.9 Å². The topological polar surface area (TPSA) is 33.4 Å². The molecule has 0 amide bonds. The Labute approximate surface area is 108 Å². The smallest absolute Gasteiger partial charge is 0.175 e. The SMILES string of the molecule is Cc1sc(C(O)c2ccoc2Br)cc1Br. The molecule has 2 nitrogen and oxygen atoms in total. The third kappa shape index (κ3) is 2.20. The van der Waals surface area contributed by atoms with Crippen LogP contribution in [0.1, 0.15) is 21.4 Å². The van der Waals surface area contributed by atoms with E-state index in [1.165, 1.54) is 0 Å². The number of rotatable bonds is 2. The molecule has 0 saturated heterocycles. The van der Waals surface area contributed by atoms with Gasteiger partial charge < -0.3 is 9.52 Å². The molecule has 0 aromatic carbocycles. The summed E-state index contributed by atoms with van der Waals surface area (Å²) < 4.78 is 6.70. The highest BCUT2D eigenvalue weighted by Crippen LogP contribution is 2.36. The largest absolute Gasteiger partial charge is 0.457 e. The van der Waals surface area contributed by atoms with Crippen LogP contribution in [0.2, 0.25) is 0 Å². The van der Waals surface area contributed by atoms with Crippen LogP contribution in [0.15, 0.2) is 32.0 Å². The molecule has 0 saturated carbocycles. The van der Waals surface area contributed by atoms with Crippen LogP contribution in [0.5, 0.6) is 0 Å². The van der Waals surface area contributed by atoms with Crippen molar-refractivity contribution in [3.8, 4) is 0 Å². The highest BCUT2D eigenvalue weighted by Gasteiger charge is 2.18. The number of hydrogen-bond donors (Lipinski definition) is 1. The standard InChI is InChI=1S/C10H8Br2O2S/c1-5-7(11)4-8(15-5)9(13)6-2-3-14-10(6)12/h2-4,9,13H,1H3. The summed E-state index contributed by atoms with van der Waals surface area (Å²) in [6.45, 7) is 2.01. The van der Waals surface area contributed by atoms with E-state index >= 15 is 0 Å². The fourth-order valence-electron chi connectivity index (χ4n) is 1.27. The molecule has 2 aromatic rings. The van der Waals surface area contributed by atoms with Crippen molar-refractivity contribution >= 4 is 43.2 Å². The van der Waals surface area contributed by atoms with Crippen LogP contribution in [-0.4, -0.2) is 5.11 Å². The van der Waals surface area contributed by atoms with E-state index in [1.54, 1.807) is 23.7 Å². The third-order valence-electron chi connectivity index (χ3n) is 2.09. The lowest BCUT2D eigenvalue weighted by molar-refractivity contribution is 0.221. The molecule has 1 N–H and O–H groups in total. The van der Waals surface area contributed by atoms with Crippen molar-refractivity contribution in [3.05, 3.63) is 42.9 Å². The summed E-state index contributed by atoms with van der Waals surface area (Å²) in [6, 6.07) is 3.70. The van der Waals surface area contributed by atoms with E-state index in [0.717, 1.165) is 19.8 Å². The molecule has 5 heteroatoms. The first-order valence-electron chi connectivity index (χ1n) is 4.26. The maximum absolute atomic E-state index is 10.1. The van der Waals surface area contributed by atoms with Crippen LogP contribution in [0.3, 0.4) is 0 Å². The van der Waals surface area contributed by atoms with Crippen LogP contribution in [0, 0.1) is 6.92 Å². The molecular formula is C10H8Br2O2S. The highest BCUT2D eigenvalue weighted by atomic mass is 79.9. The Morgan fingerprint density at radius 2 is 2.20 bits per heavy atom. The lowest BCUT2D eigenvalue weighted by Gasteiger charge is -2.05. The van der Waals surface area contributed by atoms with Gasteiger partial charge in [0.15, 0.2) is 4.67 Å². The summed E-state index contributed by atoms with van der Waals surface area (Å²) in [5.74, 6) is 0. The fourth-order valence-corrected chi connectivity index (χ4v) is 3.29. The molecule has 1 atom stereocenters. The van der Waals surface area contributed by atoms with Crippen molar-refractivity contribution in [1.82, 2.24) is 0 Å². The van der Waals surface area contributed by atoms with E-state index < -0.39 is 6.10 Å². The van der Waals surface area contributed by atoms with E-state index in [0.29, 0.717) is 4.67 Å². The lowest BCUT2D eigenvalue weighted by atomic mass is 10.2. The summed E-state index contributed by atoms with van der Waals surface area (Å²) in [7, 11) is 0. The zero-order chi connectivity index (χ0) is 11.0. The predicted molar refractivity (Wildman–Crippen MR) is 67.2 cm³/mol. The predicted octanol–water partition coefficient (Wildman–Crippen LogP) is 4.26. The molecule has 80 valence electrons. The first-order chi connectivity index (χ1) is 7.09. The molecule has 0 radical (unpaired) electrons. The van der Waals surface area contributed by atoms with Crippen LogP contribution < -0.4 is 0 Å². The molecule has 0 fully saturated rings. The molecule has 0 aliphatic heterocycles. The van der Waals surface area contributed by atoms with Gasteiger partial charge in [0.1, 0.15) is 6.10 Å². The molecule has 2 rings (SSSR count). The Kier molecular flexibility index (Phi) is 3.35. The van der Waals surface area contributed by atoms with Crippen LogP contribution in [0.25, 0.3) is 0 Å². The number of furan rings is 1. The number of halogens is 2. The van der Waals surface area contributed by atoms with Crippen molar-refractivity contribution in [2.75, 3.05) is 0 Å². The maximum atomic E-state index is 10.1. The highest BCUT2D eigenvalue weighted by molar-refractivity contribution is 9.10. The number of hydrogen-bond acceptors (Lipinski definition) is 3. The summed E-state index contributed by atoms with van der Waals surface area (Å²) in [5, 5.41) is 10.1. The minimum absolute atomic E-state index is 0.581. The zero-order valence-electron chi connectivity index (χ0n) is 7.83. The Bertz CT molecular complexity index is 456. The van der Waals surface area contributed by atoms with Gasteiger partial charge in [-0.05, 0) is 50.9 Å². The average Bonchev–Trinajstić information content (AvgIpc) is 2.74. The molecule has 0 spiro atoms. The van der Waals surface area contributed by atoms with Gasteiger partial charge in [-0.25, -0.2) is 0 Å². The van der Waals surface area contributed by atoms with E-state index in [1.807, 2.05) is 13.0 Å². The summed E-state index contributed by atoms with van der Waals surface area (Å²) >= 11 is 8.26. The molecule has 0 aliphatic rings. The summed E-state index contributed by atoms with van der Waals surface area (Å²) in [5.41, 5.74) is 0.753. The van der Waals surface area contributed by atoms with Gasteiger partial charge in [-0.2, -0.15) is 0 Å². The second-order valence-electron chi connectivity index (χ2n) is 3.11. The van der Waals surface area contributed by atoms with Crippen molar-refractivity contribution in [2.24, 2.45) is 0 Å². The summed E-state index contributed by atoms with van der Waals surface area (Å²) in [4.78, 5) is 2.06. The average molecular weight is 352 g/mol. The van der Waals surface area contributed by atoms with Gasteiger partial charge >= 0.3 is 0 Å². The molecule has 0 aliphatic carbocycles. The van der Waals surface area contributed by atoms with Crippen molar-refractivity contribution in [3.63, 3.8) is 0 Å².